The number of aliphatic hydroxyl groups excluding tert-OH is 7. The lowest BCUT2D eigenvalue weighted by Gasteiger charge is -2.41. The number of hydrogen-bond donors (Lipinski definition) is 7. The zero-order chi connectivity index (χ0) is 21.6. The van der Waals surface area contributed by atoms with Crippen LogP contribution in [0, 0.1) is 0 Å². The monoisotopic (exact) mass is 442 g/mol. The highest BCUT2D eigenvalue weighted by Crippen LogP contribution is 2.30. The van der Waals surface area contributed by atoms with E-state index in [-0.39, 0.29) is 6.61 Å². The Morgan fingerprint density at radius 2 is 1.41 bits per heavy atom. The van der Waals surface area contributed by atoms with Crippen molar-refractivity contribution in [2.75, 3.05) is 32.7 Å². The fourth-order valence-electron chi connectivity index (χ4n) is 3.10. The van der Waals surface area contributed by atoms with Gasteiger partial charge >= 0.3 is 0 Å². The van der Waals surface area contributed by atoms with E-state index in [9.17, 15) is 30.6 Å². The highest BCUT2D eigenvalue weighted by molar-refractivity contribution is 8.00. The number of thioether (sulfide) groups is 1. The van der Waals surface area contributed by atoms with Gasteiger partial charge in [0.25, 0.3) is 0 Å². The van der Waals surface area contributed by atoms with Gasteiger partial charge in [0.15, 0.2) is 12.6 Å². The average Bonchev–Trinajstić information content (AvgIpc) is 2.72. The van der Waals surface area contributed by atoms with Crippen LogP contribution < -0.4 is 0 Å². The number of methoxy groups -OCH3 is 1. The minimum absolute atomic E-state index is 0.0160. The third-order valence-electron chi connectivity index (χ3n) is 4.81. The molecular weight excluding hydrogens is 412 g/mol. The van der Waals surface area contributed by atoms with Crippen molar-refractivity contribution in [3.05, 3.63) is 12.2 Å². The van der Waals surface area contributed by atoms with Crippen molar-refractivity contribution in [1.82, 2.24) is 0 Å². The minimum atomic E-state index is -1.50. The van der Waals surface area contributed by atoms with Crippen molar-refractivity contribution in [2.24, 2.45) is 0 Å². The first-order chi connectivity index (χ1) is 13.8. The molecule has 2 saturated heterocycles. The van der Waals surface area contributed by atoms with Crippen molar-refractivity contribution in [3.63, 3.8) is 0 Å². The van der Waals surface area contributed by atoms with Crippen LogP contribution in [0.1, 0.15) is 0 Å². The molecule has 0 spiro atoms. The normalized spacial score (nSPS) is 43.7. The predicted octanol–water partition coefficient (Wildman–Crippen LogP) is -3.45. The zero-order valence-corrected chi connectivity index (χ0v) is 16.7. The fourth-order valence-corrected chi connectivity index (χ4v) is 4.27. The summed E-state index contributed by atoms with van der Waals surface area (Å²) in [4.78, 5) is 0. The lowest BCUT2D eigenvalue weighted by Crippen LogP contribution is -2.59. The summed E-state index contributed by atoms with van der Waals surface area (Å²) in [5.74, 6) is 0.394. The average molecular weight is 442 g/mol. The number of hydrogen-bond acceptors (Lipinski definition) is 12. The van der Waals surface area contributed by atoms with Gasteiger partial charge in [-0.3, -0.25) is 0 Å². The molecule has 0 amide bonds. The second-order valence-corrected chi connectivity index (χ2v) is 7.95. The summed E-state index contributed by atoms with van der Waals surface area (Å²) >= 11 is 1.24. The Morgan fingerprint density at radius 3 is 2.03 bits per heavy atom. The molecule has 0 aromatic carbocycles. The van der Waals surface area contributed by atoms with Crippen LogP contribution in [0.3, 0.4) is 0 Å². The zero-order valence-electron chi connectivity index (χ0n) is 15.9. The number of rotatable bonds is 9. The van der Waals surface area contributed by atoms with Gasteiger partial charge in [-0.05, 0) is 0 Å². The SMILES string of the molecule is CO[C@@H]1O[C@H](CO)[C@@H](O)[C@H](SC/C=C/CO[C@@H]2O[C@H](CO)[C@@H](O)[C@H](O)[C@H]2O)[C@H]1O. The van der Waals surface area contributed by atoms with Gasteiger partial charge in [-0.2, -0.15) is 0 Å². The summed E-state index contributed by atoms with van der Waals surface area (Å²) in [5, 5.41) is 67.6. The molecule has 29 heavy (non-hydrogen) atoms. The molecule has 170 valence electrons. The molecule has 0 radical (unpaired) electrons. The molecule has 2 fully saturated rings. The van der Waals surface area contributed by atoms with Crippen molar-refractivity contribution in [1.29, 1.82) is 0 Å². The molecule has 2 aliphatic rings. The molecule has 0 saturated carbocycles. The topological polar surface area (TPSA) is 179 Å². The maximum Gasteiger partial charge on any atom is 0.187 e. The molecule has 0 unspecified atom stereocenters. The standard InChI is InChI=1S/C17H30O11S/c1-25-16-14(24)15(11(21)9(7-19)27-16)29-5-3-2-4-26-17-13(23)12(22)10(20)8(6-18)28-17/h2-3,8-24H,4-7H2,1H3/b3-2+/t8-,9-,10-,11-,12+,13-,14-,15+,16-,17-/m1/s1. The molecule has 12 heteroatoms. The number of aliphatic hydroxyl groups is 7. The minimum Gasteiger partial charge on any atom is -0.394 e. The van der Waals surface area contributed by atoms with E-state index >= 15 is 0 Å². The quantitative estimate of drug-likeness (QED) is 0.176. The third kappa shape index (κ3) is 6.09. The van der Waals surface area contributed by atoms with Crippen LogP contribution >= 0.6 is 11.8 Å². The van der Waals surface area contributed by atoms with Gasteiger partial charge in [-0.25, -0.2) is 0 Å². The molecule has 0 aromatic rings. The van der Waals surface area contributed by atoms with Crippen molar-refractivity contribution >= 4 is 11.8 Å². The van der Waals surface area contributed by atoms with Crippen molar-refractivity contribution in [2.45, 2.75) is 60.6 Å². The lowest BCUT2D eigenvalue weighted by molar-refractivity contribution is -0.298. The molecule has 0 aromatic heterocycles. The van der Waals surface area contributed by atoms with Gasteiger partial charge in [0, 0.05) is 12.9 Å². The Labute approximate surface area is 172 Å². The molecule has 10 atom stereocenters. The first kappa shape index (κ1) is 24.9. The maximum absolute atomic E-state index is 10.2. The molecule has 0 aliphatic carbocycles. The molecular formula is C17H30O11S. The van der Waals surface area contributed by atoms with Crippen molar-refractivity contribution < 1.29 is 54.7 Å². The first-order valence-electron chi connectivity index (χ1n) is 9.19. The van der Waals surface area contributed by atoms with E-state index < -0.39 is 73.8 Å². The second-order valence-electron chi connectivity index (χ2n) is 6.74. The van der Waals surface area contributed by atoms with E-state index in [0.717, 1.165) is 0 Å². The van der Waals surface area contributed by atoms with Crippen LogP contribution in [0.2, 0.25) is 0 Å². The highest BCUT2D eigenvalue weighted by Gasteiger charge is 2.45. The largest absolute Gasteiger partial charge is 0.394 e. The Hall–Kier alpha value is -0.350. The fraction of sp³-hybridized carbons (Fsp3) is 0.882. The van der Waals surface area contributed by atoms with Crippen LogP contribution in [0.25, 0.3) is 0 Å². The van der Waals surface area contributed by atoms with E-state index in [4.69, 9.17) is 24.1 Å². The summed E-state index contributed by atoms with van der Waals surface area (Å²) < 4.78 is 20.9. The highest BCUT2D eigenvalue weighted by atomic mass is 32.2. The van der Waals surface area contributed by atoms with Gasteiger partial charge < -0.3 is 54.7 Å². The number of ether oxygens (including phenoxy) is 4. The van der Waals surface area contributed by atoms with Crippen LogP contribution in [-0.2, 0) is 18.9 Å². The second kappa shape index (κ2) is 11.9. The molecule has 0 bridgehead atoms. The summed E-state index contributed by atoms with van der Waals surface area (Å²) in [7, 11) is 1.36. The Kier molecular flexibility index (Phi) is 10.2. The van der Waals surface area contributed by atoms with E-state index in [1.165, 1.54) is 18.9 Å². The van der Waals surface area contributed by atoms with Gasteiger partial charge in [-0.15, -0.1) is 11.8 Å². The summed E-state index contributed by atoms with van der Waals surface area (Å²) in [6, 6.07) is 0. The predicted molar refractivity (Wildman–Crippen MR) is 99.9 cm³/mol. The van der Waals surface area contributed by atoms with E-state index in [0.29, 0.717) is 5.75 Å². The Balaban J connectivity index is 1.78. The van der Waals surface area contributed by atoms with E-state index in [1.807, 2.05) is 0 Å². The van der Waals surface area contributed by atoms with Crippen LogP contribution in [0.5, 0.6) is 0 Å². The van der Waals surface area contributed by atoms with Gasteiger partial charge in [0.05, 0.1) is 31.2 Å². The molecule has 7 N–H and O–H groups in total. The van der Waals surface area contributed by atoms with Gasteiger partial charge in [-0.1, -0.05) is 12.2 Å². The Bertz CT molecular complexity index is 492. The summed E-state index contributed by atoms with van der Waals surface area (Å²) in [5.41, 5.74) is 0. The van der Waals surface area contributed by atoms with Crippen molar-refractivity contribution in [3.8, 4) is 0 Å². The van der Waals surface area contributed by atoms with Crippen LogP contribution in [0.15, 0.2) is 12.2 Å². The van der Waals surface area contributed by atoms with Gasteiger partial charge in [0.2, 0.25) is 0 Å². The van der Waals surface area contributed by atoms with Crippen LogP contribution in [-0.4, -0.2) is 129 Å². The molecule has 2 aliphatic heterocycles. The molecule has 11 nitrogen and oxygen atoms in total. The summed E-state index contributed by atoms with van der Waals surface area (Å²) in [6.07, 6.45) is -7.32. The van der Waals surface area contributed by atoms with Gasteiger partial charge in [0.1, 0.15) is 36.6 Å². The van der Waals surface area contributed by atoms with Crippen LogP contribution in [0.4, 0.5) is 0 Å². The molecule has 2 rings (SSSR count). The third-order valence-corrected chi connectivity index (χ3v) is 6.14. The summed E-state index contributed by atoms with van der Waals surface area (Å²) in [6.45, 7) is -0.931. The van der Waals surface area contributed by atoms with E-state index in [1.54, 1.807) is 12.2 Å². The maximum atomic E-state index is 10.2. The first-order valence-corrected chi connectivity index (χ1v) is 10.2. The van der Waals surface area contributed by atoms with E-state index in [2.05, 4.69) is 0 Å². The lowest BCUT2D eigenvalue weighted by atomic mass is 9.99. The Morgan fingerprint density at radius 1 is 0.793 bits per heavy atom. The molecule has 2 heterocycles. The smallest absolute Gasteiger partial charge is 0.187 e.